The average Bonchev–Trinajstić information content (AvgIpc) is 2.91. The Morgan fingerprint density at radius 2 is 2.08 bits per heavy atom. The van der Waals surface area contributed by atoms with Gasteiger partial charge in [-0.3, -0.25) is 19.0 Å². The number of aliphatic carboxylic acids is 1. The fourth-order valence-corrected chi connectivity index (χ4v) is 3.64. The number of nitrogens with zero attached hydrogens (tertiary/aromatic N) is 2. The van der Waals surface area contributed by atoms with E-state index in [0.717, 1.165) is 19.3 Å². The Kier molecular flexibility index (Phi) is 6.69. The molecule has 0 saturated carbocycles. The van der Waals surface area contributed by atoms with Gasteiger partial charge in [0.2, 0.25) is 0 Å². The number of thiophene rings is 1. The van der Waals surface area contributed by atoms with Gasteiger partial charge in [-0.25, -0.2) is 4.98 Å². The van der Waals surface area contributed by atoms with Crippen LogP contribution in [0.15, 0.2) is 11.1 Å². The normalized spacial score (nSPS) is 11.0. The molecular formula is C17H23N3O4S. The molecule has 2 aromatic heterocycles. The van der Waals surface area contributed by atoms with Crippen LogP contribution in [0.1, 0.15) is 54.3 Å². The van der Waals surface area contributed by atoms with E-state index in [-0.39, 0.29) is 24.4 Å². The molecule has 2 N–H and O–H groups in total. The van der Waals surface area contributed by atoms with Gasteiger partial charge in [-0.05, 0) is 25.3 Å². The van der Waals surface area contributed by atoms with Crippen molar-refractivity contribution < 1.29 is 14.7 Å². The monoisotopic (exact) mass is 365 g/mol. The molecule has 25 heavy (non-hydrogen) atoms. The van der Waals surface area contributed by atoms with Gasteiger partial charge in [-0.2, -0.15) is 0 Å². The number of rotatable bonds is 9. The van der Waals surface area contributed by atoms with Crippen molar-refractivity contribution in [3.05, 3.63) is 27.1 Å². The quantitative estimate of drug-likeness (QED) is 0.665. The molecule has 0 aliphatic carbocycles. The fraction of sp³-hybridized carbons (Fsp3) is 0.529. The van der Waals surface area contributed by atoms with Crippen LogP contribution in [0.5, 0.6) is 0 Å². The highest BCUT2D eigenvalue weighted by atomic mass is 32.1. The first kappa shape index (κ1) is 19.1. The highest BCUT2D eigenvalue weighted by Crippen LogP contribution is 2.26. The van der Waals surface area contributed by atoms with Crippen LogP contribution in [0.2, 0.25) is 0 Å². The van der Waals surface area contributed by atoms with Gasteiger partial charge in [0.1, 0.15) is 4.83 Å². The molecule has 0 bridgehead atoms. The number of fused-ring (bicyclic) bond motifs is 1. The maximum absolute atomic E-state index is 12.6. The van der Waals surface area contributed by atoms with E-state index in [1.54, 1.807) is 17.8 Å². The van der Waals surface area contributed by atoms with E-state index in [0.29, 0.717) is 33.6 Å². The van der Waals surface area contributed by atoms with Crippen molar-refractivity contribution in [3.63, 3.8) is 0 Å². The van der Waals surface area contributed by atoms with Crippen LogP contribution in [-0.4, -0.2) is 33.1 Å². The topological polar surface area (TPSA) is 101 Å². The van der Waals surface area contributed by atoms with E-state index in [2.05, 4.69) is 17.2 Å². The smallest absolute Gasteiger partial charge is 0.303 e. The Balaban J connectivity index is 2.18. The first-order chi connectivity index (χ1) is 12.0. The Bertz CT molecular complexity index is 825. The first-order valence-corrected chi connectivity index (χ1v) is 9.25. The molecule has 7 nitrogen and oxygen atoms in total. The minimum atomic E-state index is -0.889. The first-order valence-electron chi connectivity index (χ1n) is 8.44. The number of unbranched alkanes of at least 4 members (excludes halogenated alkanes) is 2. The lowest BCUT2D eigenvalue weighted by Crippen LogP contribution is -2.25. The van der Waals surface area contributed by atoms with E-state index < -0.39 is 5.97 Å². The van der Waals surface area contributed by atoms with Crippen molar-refractivity contribution in [2.24, 2.45) is 0 Å². The fourth-order valence-electron chi connectivity index (χ4n) is 2.59. The van der Waals surface area contributed by atoms with Gasteiger partial charge < -0.3 is 10.4 Å². The highest BCUT2D eigenvalue weighted by Gasteiger charge is 2.19. The maximum atomic E-state index is 12.6. The van der Waals surface area contributed by atoms with E-state index in [4.69, 9.17) is 5.11 Å². The zero-order chi connectivity index (χ0) is 18.4. The maximum Gasteiger partial charge on any atom is 0.303 e. The molecular weight excluding hydrogens is 342 g/mol. The molecule has 1 amide bonds. The number of carbonyl (C=O) groups is 2. The zero-order valence-electron chi connectivity index (χ0n) is 14.5. The van der Waals surface area contributed by atoms with Crippen LogP contribution in [0.25, 0.3) is 10.2 Å². The molecule has 2 aromatic rings. The van der Waals surface area contributed by atoms with Gasteiger partial charge in [0.05, 0.1) is 16.6 Å². The summed E-state index contributed by atoms with van der Waals surface area (Å²) in [4.78, 5) is 40.8. The summed E-state index contributed by atoms with van der Waals surface area (Å²) in [6, 6.07) is 0. The SMILES string of the molecule is CCCCCn1cnc2sc(C(=O)NCCCC(=O)O)c(C)c2c1=O. The second-order valence-electron chi connectivity index (χ2n) is 5.94. The zero-order valence-corrected chi connectivity index (χ0v) is 15.3. The number of carbonyl (C=O) groups excluding carboxylic acids is 1. The summed E-state index contributed by atoms with van der Waals surface area (Å²) in [6.45, 7) is 4.77. The number of aryl methyl sites for hydroxylation is 2. The van der Waals surface area contributed by atoms with Crippen LogP contribution in [0, 0.1) is 6.92 Å². The second kappa shape index (κ2) is 8.75. The lowest BCUT2D eigenvalue weighted by Gasteiger charge is -2.04. The minimum absolute atomic E-state index is 0.00962. The lowest BCUT2D eigenvalue weighted by atomic mass is 10.2. The van der Waals surface area contributed by atoms with Crippen molar-refractivity contribution in [2.45, 2.75) is 52.5 Å². The van der Waals surface area contributed by atoms with Crippen LogP contribution in [0.4, 0.5) is 0 Å². The van der Waals surface area contributed by atoms with Crippen molar-refractivity contribution in [1.29, 1.82) is 0 Å². The van der Waals surface area contributed by atoms with Gasteiger partial charge in [0.15, 0.2) is 0 Å². The molecule has 2 heterocycles. The third-order valence-electron chi connectivity index (χ3n) is 3.98. The Labute approximate surface area is 149 Å². The molecule has 0 radical (unpaired) electrons. The van der Waals surface area contributed by atoms with Crippen LogP contribution in [0.3, 0.4) is 0 Å². The molecule has 0 fully saturated rings. The number of carboxylic acids is 1. The standard InChI is InChI=1S/C17H23N3O4S/c1-3-4-5-9-20-10-19-16-13(17(20)24)11(2)14(25-16)15(23)18-8-6-7-12(21)22/h10H,3-9H2,1-2H3,(H,18,23)(H,21,22). The summed E-state index contributed by atoms with van der Waals surface area (Å²) in [5.41, 5.74) is 0.526. The van der Waals surface area contributed by atoms with Gasteiger partial charge in [-0.15, -0.1) is 11.3 Å². The third kappa shape index (κ3) is 4.66. The predicted octanol–water partition coefficient (Wildman–Crippen LogP) is 2.55. The van der Waals surface area contributed by atoms with Crippen molar-refractivity contribution in [2.75, 3.05) is 6.54 Å². The number of hydrogen-bond acceptors (Lipinski definition) is 5. The molecule has 0 aliphatic heterocycles. The molecule has 0 atom stereocenters. The van der Waals surface area contributed by atoms with Crippen molar-refractivity contribution >= 4 is 33.4 Å². The molecule has 2 rings (SSSR count). The van der Waals surface area contributed by atoms with E-state index in [9.17, 15) is 14.4 Å². The van der Waals surface area contributed by atoms with Crippen LogP contribution in [-0.2, 0) is 11.3 Å². The Hall–Kier alpha value is -2.22. The van der Waals surface area contributed by atoms with E-state index in [1.807, 2.05) is 0 Å². The van der Waals surface area contributed by atoms with Gasteiger partial charge in [0, 0.05) is 19.5 Å². The van der Waals surface area contributed by atoms with Crippen molar-refractivity contribution in [3.8, 4) is 0 Å². The van der Waals surface area contributed by atoms with Crippen LogP contribution < -0.4 is 10.9 Å². The molecule has 136 valence electrons. The molecule has 0 unspecified atom stereocenters. The second-order valence-corrected chi connectivity index (χ2v) is 6.94. The lowest BCUT2D eigenvalue weighted by molar-refractivity contribution is -0.137. The Morgan fingerprint density at radius 1 is 1.32 bits per heavy atom. The number of amides is 1. The number of hydrogen-bond donors (Lipinski definition) is 2. The summed E-state index contributed by atoms with van der Waals surface area (Å²) >= 11 is 1.19. The van der Waals surface area contributed by atoms with Crippen molar-refractivity contribution in [1.82, 2.24) is 14.9 Å². The summed E-state index contributed by atoms with van der Waals surface area (Å²) in [5.74, 6) is -1.18. The van der Waals surface area contributed by atoms with Gasteiger partial charge in [0.25, 0.3) is 11.5 Å². The van der Waals surface area contributed by atoms with E-state index >= 15 is 0 Å². The summed E-state index contributed by atoms with van der Waals surface area (Å²) < 4.78 is 1.60. The third-order valence-corrected chi connectivity index (χ3v) is 5.18. The molecule has 0 saturated heterocycles. The molecule has 0 spiro atoms. The number of carboxylic acid groups (broad SMARTS) is 1. The highest BCUT2D eigenvalue weighted by molar-refractivity contribution is 7.20. The Morgan fingerprint density at radius 3 is 2.76 bits per heavy atom. The van der Waals surface area contributed by atoms with Gasteiger partial charge >= 0.3 is 5.97 Å². The average molecular weight is 365 g/mol. The summed E-state index contributed by atoms with van der Waals surface area (Å²) in [5, 5.41) is 11.8. The molecule has 0 aliphatic rings. The number of nitrogens with one attached hydrogen (secondary N) is 1. The molecule has 8 heteroatoms. The number of aromatic nitrogens is 2. The largest absolute Gasteiger partial charge is 0.481 e. The molecule has 0 aromatic carbocycles. The predicted molar refractivity (Wildman–Crippen MR) is 97.3 cm³/mol. The van der Waals surface area contributed by atoms with Gasteiger partial charge in [-0.1, -0.05) is 19.8 Å². The minimum Gasteiger partial charge on any atom is -0.481 e. The summed E-state index contributed by atoms with van der Waals surface area (Å²) in [7, 11) is 0. The van der Waals surface area contributed by atoms with E-state index in [1.165, 1.54) is 11.3 Å². The summed E-state index contributed by atoms with van der Waals surface area (Å²) in [6.07, 6.45) is 4.98. The van der Waals surface area contributed by atoms with Crippen LogP contribution >= 0.6 is 11.3 Å².